The van der Waals surface area contributed by atoms with Gasteiger partial charge in [-0.15, -0.1) is 11.3 Å². The first-order valence-corrected chi connectivity index (χ1v) is 7.92. The van der Waals surface area contributed by atoms with Crippen molar-refractivity contribution in [2.24, 2.45) is 0 Å². The number of hydrogen-bond donors (Lipinski definition) is 0. The van der Waals surface area contributed by atoms with Crippen LogP contribution in [0.1, 0.15) is 46.7 Å². The van der Waals surface area contributed by atoms with Crippen molar-refractivity contribution >= 4 is 11.3 Å². The number of nitrogens with zero attached hydrogens (tertiary/aromatic N) is 4. The van der Waals surface area contributed by atoms with Crippen molar-refractivity contribution in [1.82, 2.24) is 19.9 Å². The maximum absolute atomic E-state index is 4.71. The van der Waals surface area contributed by atoms with Crippen LogP contribution in [0.25, 0.3) is 0 Å². The molecule has 0 saturated carbocycles. The zero-order valence-corrected chi connectivity index (χ0v) is 13.1. The van der Waals surface area contributed by atoms with E-state index >= 15 is 0 Å². The Morgan fingerprint density at radius 1 is 1.30 bits per heavy atom. The molecule has 3 rings (SSSR count). The molecule has 106 valence electrons. The Kier molecular flexibility index (Phi) is 3.81. The molecular weight excluding hydrogens is 268 g/mol. The van der Waals surface area contributed by atoms with E-state index < -0.39 is 0 Å². The minimum atomic E-state index is 0.400. The second-order valence-electron chi connectivity index (χ2n) is 5.68. The zero-order valence-electron chi connectivity index (χ0n) is 12.3. The molecule has 5 heteroatoms. The molecule has 1 aliphatic heterocycles. The van der Waals surface area contributed by atoms with E-state index in [1.807, 2.05) is 12.4 Å². The van der Waals surface area contributed by atoms with Crippen LogP contribution in [0, 0.1) is 6.92 Å². The summed E-state index contributed by atoms with van der Waals surface area (Å²) in [4.78, 5) is 17.4. The van der Waals surface area contributed by atoms with Gasteiger partial charge in [0.2, 0.25) is 0 Å². The molecular formula is C15H20N4S. The summed E-state index contributed by atoms with van der Waals surface area (Å²) in [5.41, 5.74) is 2.50. The van der Waals surface area contributed by atoms with Crippen molar-refractivity contribution in [2.75, 3.05) is 6.54 Å². The smallest absolute Gasteiger partial charge is 0.131 e. The number of hydrogen-bond acceptors (Lipinski definition) is 5. The summed E-state index contributed by atoms with van der Waals surface area (Å²) >= 11 is 1.79. The molecule has 0 spiro atoms. The molecule has 0 amide bonds. The SMILES string of the molecule is Cc1cnc(CN2CCc3nc(C(C)C)ncc3C2)s1. The number of thiazole rings is 1. The average Bonchev–Trinajstić information content (AvgIpc) is 2.83. The molecule has 0 atom stereocenters. The van der Waals surface area contributed by atoms with Gasteiger partial charge in [0, 0.05) is 54.0 Å². The number of fused-ring (bicyclic) bond motifs is 1. The van der Waals surface area contributed by atoms with Crippen molar-refractivity contribution in [2.45, 2.75) is 46.2 Å². The van der Waals surface area contributed by atoms with E-state index in [9.17, 15) is 0 Å². The van der Waals surface area contributed by atoms with Crippen LogP contribution in [0.3, 0.4) is 0 Å². The first-order chi connectivity index (χ1) is 9.61. The summed E-state index contributed by atoms with van der Waals surface area (Å²) in [5, 5.41) is 1.20. The molecule has 0 unspecified atom stereocenters. The molecule has 2 aromatic heterocycles. The molecule has 0 radical (unpaired) electrons. The predicted octanol–water partition coefficient (Wildman–Crippen LogP) is 2.92. The van der Waals surface area contributed by atoms with E-state index in [0.717, 1.165) is 31.9 Å². The van der Waals surface area contributed by atoms with Crippen LogP contribution in [0.15, 0.2) is 12.4 Å². The maximum Gasteiger partial charge on any atom is 0.131 e. The van der Waals surface area contributed by atoms with Crippen molar-refractivity contribution in [3.8, 4) is 0 Å². The third-order valence-corrected chi connectivity index (χ3v) is 4.47. The van der Waals surface area contributed by atoms with Crippen LogP contribution in [0.4, 0.5) is 0 Å². The Hall–Kier alpha value is -1.33. The van der Waals surface area contributed by atoms with Gasteiger partial charge in [-0.05, 0) is 6.92 Å². The summed E-state index contributed by atoms with van der Waals surface area (Å²) in [6.07, 6.45) is 4.98. The van der Waals surface area contributed by atoms with E-state index in [4.69, 9.17) is 4.98 Å². The monoisotopic (exact) mass is 288 g/mol. The topological polar surface area (TPSA) is 41.9 Å². The fraction of sp³-hybridized carbons (Fsp3) is 0.533. The van der Waals surface area contributed by atoms with Gasteiger partial charge in [0.05, 0.1) is 6.54 Å². The number of rotatable bonds is 3. The lowest BCUT2D eigenvalue weighted by Gasteiger charge is -2.27. The van der Waals surface area contributed by atoms with Crippen LogP contribution in [0.5, 0.6) is 0 Å². The van der Waals surface area contributed by atoms with Gasteiger partial charge in [0.15, 0.2) is 0 Å². The largest absolute Gasteiger partial charge is 0.292 e. The van der Waals surface area contributed by atoms with Gasteiger partial charge in [-0.3, -0.25) is 4.90 Å². The summed E-state index contributed by atoms with van der Waals surface area (Å²) in [6.45, 7) is 9.31. The summed E-state index contributed by atoms with van der Waals surface area (Å²) in [6, 6.07) is 0. The van der Waals surface area contributed by atoms with E-state index in [2.05, 4.69) is 35.6 Å². The number of aryl methyl sites for hydroxylation is 1. The van der Waals surface area contributed by atoms with Gasteiger partial charge < -0.3 is 0 Å². The minimum Gasteiger partial charge on any atom is -0.292 e. The molecule has 0 saturated heterocycles. The van der Waals surface area contributed by atoms with E-state index in [1.54, 1.807) is 11.3 Å². The molecule has 0 aliphatic carbocycles. The standard InChI is InChI=1S/C15H20N4S/c1-10(2)15-17-7-12-8-19(5-4-13(12)18-15)9-14-16-6-11(3)20-14/h6-7,10H,4-5,8-9H2,1-3H3. The van der Waals surface area contributed by atoms with Crippen molar-refractivity contribution in [3.05, 3.63) is 39.4 Å². The first kappa shape index (κ1) is 13.6. The highest BCUT2D eigenvalue weighted by Crippen LogP contribution is 2.21. The Morgan fingerprint density at radius 3 is 2.85 bits per heavy atom. The summed E-state index contributed by atoms with van der Waals surface area (Å²) in [5.74, 6) is 1.37. The fourth-order valence-corrected chi connectivity index (χ4v) is 3.30. The third-order valence-electron chi connectivity index (χ3n) is 3.58. The van der Waals surface area contributed by atoms with Crippen LogP contribution in [0.2, 0.25) is 0 Å². The van der Waals surface area contributed by atoms with E-state index in [0.29, 0.717) is 5.92 Å². The number of aromatic nitrogens is 3. The molecule has 0 fully saturated rings. The highest BCUT2D eigenvalue weighted by molar-refractivity contribution is 7.11. The summed E-state index contributed by atoms with van der Waals surface area (Å²) < 4.78 is 0. The lowest BCUT2D eigenvalue weighted by Crippen LogP contribution is -2.31. The first-order valence-electron chi connectivity index (χ1n) is 7.10. The summed E-state index contributed by atoms with van der Waals surface area (Å²) in [7, 11) is 0. The predicted molar refractivity (Wildman–Crippen MR) is 80.8 cm³/mol. The molecule has 0 aromatic carbocycles. The lowest BCUT2D eigenvalue weighted by molar-refractivity contribution is 0.242. The molecule has 1 aliphatic rings. The van der Waals surface area contributed by atoms with Gasteiger partial charge in [-0.25, -0.2) is 15.0 Å². The lowest BCUT2D eigenvalue weighted by atomic mass is 10.1. The minimum absolute atomic E-state index is 0.400. The van der Waals surface area contributed by atoms with Crippen LogP contribution in [-0.2, 0) is 19.5 Å². The van der Waals surface area contributed by atoms with Gasteiger partial charge >= 0.3 is 0 Å². The third kappa shape index (κ3) is 2.88. The van der Waals surface area contributed by atoms with Gasteiger partial charge in [-0.2, -0.15) is 0 Å². The molecule has 20 heavy (non-hydrogen) atoms. The Bertz CT molecular complexity index is 606. The maximum atomic E-state index is 4.71. The second-order valence-corrected chi connectivity index (χ2v) is 7.00. The molecule has 4 nitrogen and oxygen atoms in total. The Morgan fingerprint density at radius 2 is 2.15 bits per heavy atom. The Labute approximate surface area is 123 Å². The van der Waals surface area contributed by atoms with Crippen molar-refractivity contribution in [1.29, 1.82) is 0 Å². The molecule has 3 heterocycles. The fourth-order valence-electron chi connectivity index (χ4n) is 2.47. The van der Waals surface area contributed by atoms with Gasteiger partial charge in [-0.1, -0.05) is 13.8 Å². The van der Waals surface area contributed by atoms with E-state index in [-0.39, 0.29) is 0 Å². The average molecular weight is 288 g/mol. The van der Waals surface area contributed by atoms with Gasteiger partial charge in [0.25, 0.3) is 0 Å². The zero-order chi connectivity index (χ0) is 14.1. The van der Waals surface area contributed by atoms with Crippen LogP contribution >= 0.6 is 11.3 Å². The highest BCUT2D eigenvalue weighted by Gasteiger charge is 2.19. The van der Waals surface area contributed by atoms with Crippen molar-refractivity contribution < 1.29 is 0 Å². The second kappa shape index (κ2) is 5.58. The quantitative estimate of drug-likeness (QED) is 0.871. The van der Waals surface area contributed by atoms with Crippen LogP contribution < -0.4 is 0 Å². The molecule has 0 bridgehead atoms. The van der Waals surface area contributed by atoms with Crippen LogP contribution in [-0.4, -0.2) is 26.4 Å². The Balaban J connectivity index is 1.72. The van der Waals surface area contributed by atoms with E-state index in [1.165, 1.54) is 21.1 Å². The van der Waals surface area contributed by atoms with Gasteiger partial charge in [0.1, 0.15) is 10.8 Å². The van der Waals surface area contributed by atoms with Crippen molar-refractivity contribution in [3.63, 3.8) is 0 Å². The molecule has 0 N–H and O–H groups in total. The molecule has 2 aromatic rings. The normalized spacial score (nSPS) is 15.6. The highest BCUT2D eigenvalue weighted by atomic mass is 32.1.